The van der Waals surface area contributed by atoms with Crippen molar-refractivity contribution >= 4 is 11.7 Å². The van der Waals surface area contributed by atoms with Crippen molar-refractivity contribution in [3.05, 3.63) is 88.6 Å². The van der Waals surface area contributed by atoms with Gasteiger partial charge < -0.3 is 5.32 Å². The summed E-state index contributed by atoms with van der Waals surface area (Å²) in [6.45, 7) is 1.71. The average Bonchev–Trinajstić information content (AvgIpc) is 3.05. The van der Waals surface area contributed by atoms with Crippen molar-refractivity contribution in [3.63, 3.8) is 0 Å². The zero-order valence-electron chi connectivity index (χ0n) is 15.9. The molecule has 2 heterocycles. The summed E-state index contributed by atoms with van der Waals surface area (Å²) in [5.74, 6) is -1.94. The zero-order chi connectivity index (χ0) is 21.0. The summed E-state index contributed by atoms with van der Waals surface area (Å²) >= 11 is 0. The van der Waals surface area contributed by atoms with E-state index in [-0.39, 0.29) is 23.9 Å². The second-order valence-corrected chi connectivity index (χ2v) is 7.63. The van der Waals surface area contributed by atoms with Crippen LogP contribution in [-0.2, 0) is 4.79 Å². The SMILES string of the molecule is Cc1nc2n(n1)[C@H](c1cc(F)cc(F)c1)[C@H]1C(=O)C[C@H](c3ccc(F)cc3)C=C1N2. The van der Waals surface area contributed by atoms with Crippen molar-refractivity contribution in [2.75, 3.05) is 5.32 Å². The summed E-state index contributed by atoms with van der Waals surface area (Å²) in [4.78, 5) is 17.6. The number of carbonyl (C=O) groups is 1. The largest absolute Gasteiger partial charge is 0.328 e. The minimum atomic E-state index is -0.722. The van der Waals surface area contributed by atoms with Gasteiger partial charge in [-0.05, 0) is 42.3 Å². The molecule has 0 amide bonds. The number of aromatic nitrogens is 3. The molecule has 1 aliphatic carbocycles. The maximum atomic E-state index is 14.0. The third-order valence-electron chi connectivity index (χ3n) is 5.58. The highest BCUT2D eigenvalue weighted by Gasteiger charge is 2.43. The Kier molecular flexibility index (Phi) is 4.23. The molecule has 2 aliphatic rings. The molecular weight excluding hydrogens is 393 g/mol. The minimum absolute atomic E-state index is 0.0946. The quantitative estimate of drug-likeness (QED) is 0.685. The van der Waals surface area contributed by atoms with Crippen LogP contribution >= 0.6 is 0 Å². The molecule has 0 bridgehead atoms. The number of aryl methyl sites for hydroxylation is 1. The predicted molar refractivity (Wildman–Crippen MR) is 103 cm³/mol. The normalized spacial score (nSPS) is 22.7. The van der Waals surface area contributed by atoms with Crippen LogP contribution in [0.25, 0.3) is 0 Å². The van der Waals surface area contributed by atoms with Crippen molar-refractivity contribution < 1.29 is 18.0 Å². The fourth-order valence-corrected chi connectivity index (χ4v) is 4.35. The lowest BCUT2D eigenvalue weighted by atomic mass is 9.75. The van der Waals surface area contributed by atoms with Crippen LogP contribution in [0.5, 0.6) is 0 Å². The van der Waals surface area contributed by atoms with Crippen LogP contribution in [0.4, 0.5) is 19.1 Å². The lowest BCUT2D eigenvalue weighted by molar-refractivity contribution is -0.123. The summed E-state index contributed by atoms with van der Waals surface area (Å²) in [6, 6.07) is 8.53. The molecule has 2 aromatic carbocycles. The summed E-state index contributed by atoms with van der Waals surface area (Å²) < 4.78 is 42.8. The first-order valence-corrected chi connectivity index (χ1v) is 9.55. The number of hydrogen-bond acceptors (Lipinski definition) is 4. The van der Waals surface area contributed by atoms with Gasteiger partial charge in [0, 0.05) is 24.1 Å². The van der Waals surface area contributed by atoms with Crippen LogP contribution in [0.1, 0.15) is 35.3 Å². The van der Waals surface area contributed by atoms with Crippen LogP contribution in [0.15, 0.2) is 54.2 Å². The number of fused-ring (bicyclic) bond motifs is 2. The highest BCUT2D eigenvalue weighted by molar-refractivity contribution is 5.88. The highest BCUT2D eigenvalue weighted by Crippen LogP contribution is 2.44. The molecule has 5 rings (SSSR count). The van der Waals surface area contributed by atoms with E-state index in [1.165, 1.54) is 28.9 Å². The topological polar surface area (TPSA) is 59.8 Å². The first-order chi connectivity index (χ1) is 14.4. The molecule has 0 saturated carbocycles. The minimum Gasteiger partial charge on any atom is -0.328 e. The average molecular weight is 410 g/mol. The first kappa shape index (κ1) is 18.6. The van der Waals surface area contributed by atoms with Gasteiger partial charge in [0.2, 0.25) is 5.95 Å². The zero-order valence-corrected chi connectivity index (χ0v) is 15.9. The molecule has 8 heteroatoms. The Morgan fingerprint density at radius 3 is 2.40 bits per heavy atom. The number of halogens is 3. The molecule has 0 radical (unpaired) electrons. The van der Waals surface area contributed by atoms with Gasteiger partial charge in [0.15, 0.2) is 0 Å². The van der Waals surface area contributed by atoms with E-state index in [9.17, 15) is 18.0 Å². The van der Waals surface area contributed by atoms with E-state index in [0.717, 1.165) is 11.6 Å². The molecule has 1 aromatic heterocycles. The van der Waals surface area contributed by atoms with Gasteiger partial charge in [0.25, 0.3) is 0 Å². The molecule has 0 unspecified atom stereocenters. The van der Waals surface area contributed by atoms with Gasteiger partial charge in [-0.15, -0.1) is 0 Å². The molecule has 0 saturated heterocycles. The maximum Gasteiger partial charge on any atom is 0.226 e. The number of nitrogens with zero attached hydrogens (tertiary/aromatic N) is 3. The number of nitrogens with one attached hydrogen (secondary N) is 1. The molecule has 1 N–H and O–H groups in total. The van der Waals surface area contributed by atoms with Crippen molar-refractivity contribution in [3.8, 4) is 0 Å². The number of ketones is 1. The molecule has 30 heavy (non-hydrogen) atoms. The highest BCUT2D eigenvalue weighted by atomic mass is 19.1. The first-order valence-electron chi connectivity index (χ1n) is 9.55. The number of allylic oxidation sites excluding steroid dienone is 2. The van der Waals surface area contributed by atoms with Gasteiger partial charge in [0.1, 0.15) is 29.1 Å². The van der Waals surface area contributed by atoms with E-state index in [4.69, 9.17) is 0 Å². The Morgan fingerprint density at radius 1 is 1.00 bits per heavy atom. The van der Waals surface area contributed by atoms with Gasteiger partial charge in [-0.1, -0.05) is 18.2 Å². The van der Waals surface area contributed by atoms with Crippen LogP contribution in [0.2, 0.25) is 0 Å². The fourth-order valence-electron chi connectivity index (χ4n) is 4.35. The molecule has 0 fully saturated rings. The molecule has 1 aliphatic heterocycles. The Labute approximate surface area is 170 Å². The van der Waals surface area contributed by atoms with Gasteiger partial charge >= 0.3 is 0 Å². The maximum absolute atomic E-state index is 14.0. The van der Waals surface area contributed by atoms with Gasteiger partial charge in [-0.25, -0.2) is 17.9 Å². The van der Waals surface area contributed by atoms with Gasteiger partial charge in [0.05, 0.1) is 12.0 Å². The molecule has 3 atom stereocenters. The second kappa shape index (κ2) is 6.83. The Morgan fingerprint density at radius 2 is 1.70 bits per heavy atom. The number of carbonyl (C=O) groups excluding carboxylic acids is 1. The van der Waals surface area contributed by atoms with Crippen molar-refractivity contribution in [1.29, 1.82) is 0 Å². The van der Waals surface area contributed by atoms with E-state index in [1.807, 2.05) is 6.08 Å². The third-order valence-corrected chi connectivity index (χ3v) is 5.58. The summed E-state index contributed by atoms with van der Waals surface area (Å²) in [5, 5.41) is 7.52. The standard InChI is InChI=1S/C22H17F3N4O/c1-11-26-22-27-18-8-13(12-2-4-15(23)5-3-12)9-19(30)20(18)21(29(22)28-11)14-6-16(24)10-17(25)7-14/h2-8,10,13,20-21H,9H2,1H3,(H,26,27,28)/t13-,20-,21-/m1/s1. The van der Waals surface area contributed by atoms with Crippen molar-refractivity contribution in [1.82, 2.24) is 14.8 Å². The monoisotopic (exact) mass is 410 g/mol. The van der Waals surface area contributed by atoms with Crippen LogP contribution in [-0.4, -0.2) is 20.5 Å². The van der Waals surface area contributed by atoms with E-state index in [1.54, 1.807) is 19.1 Å². The summed E-state index contributed by atoms with van der Waals surface area (Å²) in [5.41, 5.74) is 1.73. The lowest BCUT2D eigenvalue weighted by Gasteiger charge is -2.38. The summed E-state index contributed by atoms with van der Waals surface area (Å²) in [6.07, 6.45) is 2.11. The molecule has 5 nitrogen and oxygen atoms in total. The molecular formula is C22H17F3N4O. The molecule has 3 aromatic rings. The van der Waals surface area contributed by atoms with Crippen molar-refractivity contribution in [2.45, 2.75) is 25.3 Å². The Hall–Kier alpha value is -3.42. The lowest BCUT2D eigenvalue weighted by Crippen LogP contribution is -2.40. The fraction of sp³-hybridized carbons (Fsp3) is 0.227. The predicted octanol–water partition coefficient (Wildman–Crippen LogP) is 4.28. The third kappa shape index (κ3) is 3.08. The smallest absolute Gasteiger partial charge is 0.226 e. The number of rotatable bonds is 2. The van der Waals surface area contributed by atoms with Crippen LogP contribution in [0, 0.1) is 30.3 Å². The van der Waals surface area contributed by atoms with Crippen molar-refractivity contribution in [2.24, 2.45) is 5.92 Å². The summed E-state index contributed by atoms with van der Waals surface area (Å²) in [7, 11) is 0. The van der Waals surface area contributed by atoms with Gasteiger partial charge in [-0.3, -0.25) is 4.79 Å². The van der Waals surface area contributed by atoms with E-state index in [2.05, 4.69) is 15.4 Å². The van der Waals surface area contributed by atoms with Crippen LogP contribution < -0.4 is 5.32 Å². The molecule has 0 spiro atoms. The number of benzene rings is 2. The molecule has 152 valence electrons. The van der Waals surface area contributed by atoms with Gasteiger partial charge in [-0.2, -0.15) is 10.1 Å². The number of anilines is 1. The van der Waals surface area contributed by atoms with E-state index >= 15 is 0 Å². The Balaban J connectivity index is 1.64. The number of Topliss-reactive ketones (excluding diaryl/α,β-unsaturated/α-hetero) is 1. The van der Waals surface area contributed by atoms with E-state index < -0.39 is 23.6 Å². The Bertz CT molecular complexity index is 1170. The second-order valence-electron chi connectivity index (χ2n) is 7.63. The van der Waals surface area contributed by atoms with E-state index in [0.29, 0.717) is 23.0 Å². The number of hydrogen-bond donors (Lipinski definition) is 1. The van der Waals surface area contributed by atoms with Crippen LogP contribution in [0.3, 0.4) is 0 Å².